The van der Waals surface area contributed by atoms with Crippen molar-refractivity contribution in [3.8, 4) is 0 Å². The molecule has 1 amide bonds. The quantitative estimate of drug-likeness (QED) is 0.844. The number of anilines is 1. The van der Waals surface area contributed by atoms with Crippen LogP contribution in [-0.4, -0.2) is 15.7 Å². The molecule has 2 rings (SSSR count). The minimum Gasteiger partial charge on any atom is -0.326 e. The fourth-order valence-corrected chi connectivity index (χ4v) is 1.66. The van der Waals surface area contributed by atoms with Crippen LogP contribution in [0.5, 0.6) is 0 Å². The maximum absolute atomic E-state index is 11.8. The van der Waals surface area contributed by atoms with Gasteiger partial charge in [0.2, 0.25) is 5.91 Å². The molecule has 1 aromatic heterocycles. The second-order valence-electron chi connectivity index (χ2n) is 4.09. The number of amides is 1. The molecule has 94 valence electrons. The second kappa shape index (κ2) is 5.46. The van der Waals surface area contributed by atoms with Crippen molar-refractivity contribution in [1.29, 1.82) is 0 Å². The van der Waals surface area contributed by atoms with Gasteiger partial charge in [0, 0.05) is 19.7 Å². The van der Waals surface area contributed by atoms with E-state index >= 15 is 0 Å². The maximum Gasteiger partial charge on any atom is 0.229 e. The molecule has 0 atom stereocenters. The number of nitrogens with zero attached hydrogens (tertiary/aromatic N) is 2. The molecular formula is C13H16N4O. The summed E-state index contributed by atoms with van der Waals surface area (Å²) in [6.07, 6.45) is 1.99. The summed E-state index contributed by atoms with van der Waals surface area (Å²) in [7, 11) is 1.78. The molecule has 0 unspecified atom stereocenters. The molecule has 0 aliphatic heterocycles. The molecule has 0 bridgehead atoms. The van der Waals surface area contributed by atoms with Crippen LogP contribution >= 0.6 is 0 Å². The number of hydrogen-bond acceptors (Lipinski definition) is 3. The summed E-state index contributed by atoms with van der Waals surface area (Å²) >= 11 is 0. The molecule has 5 heteroatoms. The van der Waals surface area contributed by atoms with Crippen molar-refractivity contribution in [2.45, 2.75) is 13.0 Å². The van der Waals surface area contributed by atoms with Crippen LogP contribution in [0.2, 0.25) is 0 Å². The highest BCUT2D eigenvalue weighted by molar-refractivity contribution is 5.91. The minimum atomic E-state index is -0.0564. The van der Waals surface area contributed by atoms with E-state index in [1.807, 2.05) is 24.3 Å². The highest BCUT2D eigenvalue weighted by Crippen LogP contribution is 2.07. The van der Waals surface area contributed by atoms with E-state index < -0.39 is 0 Å². The topological polar surface area (TPSA) is 72.9 Å². The number of nitrogens with one attached hydrogen (secondary N) is 1. The SMILES string of the molecule is Cn1nccc1NC(=O)Cc1ccc(CN)cc1. The molecule has 18 heavy (non-hydrogen) atoms. The number of carbonyl (C=O) groups excluding carboxylic acids is 1. The predicted molar refractivity (Wildman–Crippen MR) is 69.9 cm³/mol. The van der Waals surface area contributed by atoms with Crippen molar-refractivity contribution < 1.29 is 4.79 Å². The number of hydrogen-bond donors (Lipinski definition) is 2. The van der Waals surface area contributed by atoms with Crippen molar-refractivity contribution in [2.75, 3.05) is 5.32 Å². The van der Waals surface area contributed by atoms with E-state index in [4.69, 9.17) is 5.73 Å². The molecule has 0 aliphatic rings. The Balaban J connectivity index is 1.96. The van der Waals surface area contributed by atoms with Crippen LogP contribution in [0.3, 0.4) is 0 Å². The van der Waals surface area contributed by atoms with Gasteiger partial charge in [-0.25, -0.2) is 0 Å². The third kappa shape index (κ3) is 2.95. The second-order valence-corrected chi connectivity index (χ2v) is 4.09. The van der Waals surface area contributed by atoms with Gasteiger partial charge >= 0.3 is 0 Å². The summed E-state index contributed by atoms with van der Waals surface area (Å²) in [6.45, 7) is 0.515. The third-order valence-corrected chi connectivity index (χ3v) is 2.71. The average molecular weight is 244 g/mol. The largest absolute Gasteiger partial charge is 0.326 e. The van der Waals surface area contributed by atoms with Gasteiger partial charge in [0.1, 0.15) is 5.82 Å². The Kier molecular flexibility index (Phi) is 3.74. The van der Waals surface area contributed by atoms with Crippen molar-refractivity contribution >= 4 is 11.7 Å². The predicted octanol–water partition coefficient (Wildman–Crippen LogP) is 1.06. The normalized spacial score (nSPS) is 10.3. The van der Waals surface area contributed by atoms with Crippen LogP contribution in [0.4, 0.5) is 5.82 Å². The lowest BCUT2D eigenvalue weighted by Crippen LogP contribution is -2.16. The highest BCUT2D eigenvalue weighted by Gasteiger charge is 2.06. The van der Waals surface area contributed by atoms with Crippen LogP contribution in [-0.2, 0) is 24.8 Å². The lowest BCUT2D eigenvalue weighted by atomic mass is 10.1. The van der Waals surface area contributed by atoms with Crippen LogP contribution in [0.1, 0.15) is 11.1 Å². The number of nitrogens with two attached hydrogens (primary N) is 1. The first kappa shape index (κ1) is 12.3. The fourth-order valence-electron chi connectivity index (χ4n) is 1.66. The smallest absolute Gasteiger partial charge is 0.229 e. The first-order valence-corrected chi connectivity index (χ1v) is 5.75. The zero-order valence-corrected chi connectivity index (χ0v) is 10.3. The van der Waals surface area contributed by atoms with E-state index in [2.05, 4.69) is 10.4 Å². The number of rotatable bonds is 4. The van der Waals surface area contributed by atoms with E-state index in [0.29, 0.717) is 18.8 Å². The lowest BCUT2D eigenvalue weighted by molar-refractivity contribution is -0.115. The molecule has 2 aromatic rings. The van der Waals surface area contributed by atoms with Gasteiger partial charge in [-0.1, -0.05) is 24.3 Å². The average Bonchev–Trinajstić information content (AvgIpc) is 2.76. The highest BCUT2D eigenvalue weighted by atomic mass is 16.1. The summed E-state index contributed by atoms with van der Waals surface area (Å²) in [4.78, 5) is 11.8. The van der Waals surface area contributed by atoms with Gasteiger partial charge in [-0.2, -0.15) is 5.10 Å². The summed E-state index contributed by atoms with van der Waals surface area (Å²) in [6, 6.07) is 9.48. The Labute approximate surface area is 106 Å². The summed E-state index contributed by atoms with van der Waals surface area (Å²) in [5.41, 5.74) is 7.54. The Morgan fingerprint density at radius 2 is 1.94 bits per heavy atom. The van der Waals surface area contributed by atoms with Gasteiger partial charge in [-0.05, 0) is 11.1 Å². The number of benzene rings is 1. The summed E-state index contributed by atoms with van der Waals surface area (Å²) in [5, 5.41) is 6.79. The Bertz CT molecular complexity index is 530. The Morgan fingerprint density at radius 3 is 2.50 bits per heavy atom. The van der Waals surface area contributed by atoms with Crippen LogP contribution in [0.15, 0.2) is 36.5 Å². The molecule has 0 saturated heterocycles. The zero-order chi connectivity index (χ0) is 13.0. The van der Waals surface area contributed by atoms with Crippen LogP contribution in [0, 0.1) is 0 Å². The van der Waals surface area contributed by atoms with Crippen LogP contribution in [0.25, 0.3) is 0 Å². The van der Waals surface area contributed by atoms with E-state index in [1.165, 1.54) is 0 Å². The number of aryl methyl sites for hydroxylation is 1. The van der Waals surface area contributed by atoms with Crippen molar-refractivity contribution in [3.63, 3.8) is 0 Å². The van der Waals surface area contributed by atoms with Crippen LogP contribution < -0.4 is 11.1 Å². The first-order chi connectivity index (χ1) is 8.69. The third-order valence-electron chi connectivity index (χ3n) is 2.71. The van der Waals surface area contributed by atoms with Crippen molar-refractivity contribution in [2.24, 2.45) is 12.8 Å². The Morgan fingerprint density at radius 1 is 1.28 bits per heavy atom. The molecule has 5 nitrogen and oxygen atoms in total. The minimum absolute atomic E-state index is 0.0564. The number of aromatic nitrogens is 2. The van der Waals surface area contributed by atoms with Gasteiger partial charge in [0.25, 0.3) is 0 Å². The van der Waals surface area contributed by atoms with E-state index in [-0.39, 0.29) is 5.91 Å². The molecule has 0 spiro atoms. The summed E-state index contributed by atoms with van der Waals surface area (Å²) in [5.74, 6) is 0.637. The summed E-state index contributed by atoms with van der Waals surface area (Å²) < 4.78 is 1.62. The standard InChI is InChI=1S/C13H16N4O/c1-17-12(6-7-15-17)16-13(18)8-10-2-4-11(9-14)5-3-10/h2-7H,8-9,14H2,1H3,(H,16,18). The molecule has 0 aliphatic carbocycles. The molecule has 0 fully saturated rings. The van der Waals surface area contributed by atoms with Crippen molar-refractivity contribution in [3.05, 3.63) is 47.7 Å². The van der Waals surface area contributed by atoms with E-state index in [1.54, 1.807) is 24.0 Å². The van der Waals surface area contributed by atoms with Crippen molar-refractivity contribution in [1.82, 2.24) is 9.78 Å². The van der Waals surface area contributed by atoms with Gasteiger partial charge in [-0.15, -0.1) is 0 Å². The molecule has 0 saturated carbocycles. The van der Waals surface area contributed by atoms with Gasteiger partial charge in [-0.3, -0.25) is 9.48 Å². The molecule has 3 N–H and O–H groups in total. The molecule has 1 aromatic carbocycles. The zero-order valence-electron chi connectivity index (χ0n) is 10.3. The van der Waals surface area contributed by atoms with E-state index in [0.717, 1.165) is 11.1 Å². The molecular weight excluding hydrogens is 228 g/mol. The van der Waals surface area contributed by atoms with Gasteiger partial charge in [0.05, 0.1) is 12.6 Å². The Hall–Kier alpha value is -2.14. The van der Waals surface area contributed by atoms with E-state index in [9.17, 15) is 4.79 Å². The fraction of sp³-hybridized carbons (Fsp3) is 0.231. The maximum atomic E-state index is 11.8. The monoisotopic (exact) mass is 244 g/mol. The molecule has 1 heterocycles. The first-order valence-electron chi connectivity index (χ1n) is 5.75. The van der Waals surface area contributed by atoms with Gasteiger partial charge < -0.3 is 11.1 Å². The van der Waals surface area contributed by atoms with Gasteiger partial charge in [0.15, 0.2) is 0 Å². The lowest BCUT2D eigenvalue weighted by Gasteiger charge is -2.05. The number of carbonyl (C=O) groups is 1. The molecule has 0 radical (unpaired) electrons.